The zero-order valence-electron chi connectivity index (χ0n) is 8.40. The standard InChI is InChI=1S/C8H8N2O5S.ClH/c11-8(10-14-16(12,13)15-10)9-6-7-4-2-1-3-5-7;/h1-5H,6H2,(H,9,11);1H. The predicted molar refractivity (Wildman–Crippen MR) is 58.9 cm³/mol. The van der Waals surface area contributed by atoms with Crippen LogP contribution in [0.3, 0.4) is 0 Å². The van der Waals surface area contributed by atoms with Gasteiger partial charge in [0.15, 0.2) is 0 Å². The van der Waals surface area contributed by atoms with Gasteiger partial charge in [-0.25, -0.2) is 4.79 Å². The molecule has 1 aromatic carbocycles. The van der Waals surface area contributed by atoms with Crippen LogP contribution in [-0.4, -0.2) is 19.7 Å². The Balaban J connectivity index is 0.00000144. The number of halogens is 1. The van der Waals surface area contributed by atoms with Crippen LogP contribution >= 0.6 is 12.4 Å². The number of rotatable bonds is 2. The number of hydrogen-bond acceptors (Lipinski definition) is 5. The summed E-state index contributed by atoms with van der Waals surface area (Å²) in [7, 11) is -3.99. The Kier molecular flexibility index (Phi) is 4.29. The predicted octanol–water partition coefficient (Wildman–Crippen LogP) is 0.742. The number of urea groups is 1. The van der Waals surface area contributed by atoms with Crippen molar-refractivity contribution in [2.24, 2.45) is 0 Å². The fourth-order valence-corrected chi connectivity index (χ4v) is 1.56. The van der Waals surface area contributed by atoms with Crippen molar-refractivity contribution in [3.63, 3.8) is 0 Å². The number of carbonyl (C=O) groups excluding carboxylic acids is 1. The van der Waals surface area contributed by atoms with Crippen LogP contribution in [0.5, 0.6) is 0 Å². The van der Waals surface area contributed by atoms with Gasteiger partial charge in [0.05, 0.1) is 0 Å². The smallest absolute Gasteiger partial charge is 0.330 e. The summed E-state index contributed by atoms with van der Waals surface area (Å²) in [6, 6.07) is 8.34. The van der Waals surface area contributed by atoms with Crippen LogP contribution in [0.1, 0.15) is 5.56 Å². The van der Waals surface area contributed by atoms with E-state index in [1.807, 2.05) is 30.3 Å². The van der Waals surface area contributed by atoms with Gasteiger partial charge in [0.25, 0.3) is 0 Å². The van der Waals surface area contributed by atoms with Gasteiger partial charge in [0.1, 0.15) is 0 Å². The second-order valence-corrected chi connectivity index (χ2v) is 4.07. The van der Waals surface area contributed by atoms with Crippen molar-refractivity contribution < 1.29 is 21.8 Å². The fraction of sp³-hybridized carbons (Fsp3) is 0.125. The Hall–Kier alpha value is -1.35. The maximum Gasteiger partial charge on any atom is 0.446 e. The molecule has 0 bridgehead atoms. The van der Waals surface area contributed by atoms with Gasteiger partial charge in [0.2, 0.25) is 0 Å². The van der Waals surface area contributed by atoms with Crippen molar-refractivity contribution in [2.45, 2.75) is 6.54 Å². The zero-order chi connectivity index (χ0) is 11.6. The summed E-state index contributed by atoms with van der Waals surface area (Å²) < 4.78 is 28.9. The lowest BCUT2D eigenvalue weighted by Crippen LogP contribution is -2.49. The van der Waals surface area contributed by atoms with Crippen LogP contribution in [0.15, 0.2) is 30.3 Å². The topological polar surface area (TPSA) is 84.9 Å². The molecule has 1 fully saturated rings. The first-order valence-corrected chi connectivity index (χ1v) is 5.66. The monoisotopic (exact) mass is 280 g/mol. The molecule has 94 valence electrons. The molecule has 0 atom stereocenters. The van der Waals surface area contributed by atoms with E-state index in [1.165, 1.54) is 0 Å². The lowest BCUT2D eigenvalue weighted by atomic mass is 10.2. The average molecular weight is 281 g/mol. The minimum Gasteiger partial charge on any atom is -0.330 e. The number of benzene rings is 1. The molecule has 0 spiro atoms. The Morgan fingerprint density at radius 3 is 2.35 bits per heavy atom. The van der Waals surface area contributed by atoms with Crippen LogP contribution in [0, 0.1) is 0 Å². The number of nitrogens with one attached hydrogen (secondary N) is 1. The second-order valence-electron chi connectivity index (χ2n) is 2.96. The van der Waals surface area contributed by atoms with E-state index in [-0.39, 0.29) is 24.2 Å². The third-order valence-corrected chi connectivity index (χ3v) is 2.41. The van der Waals surface area contributed by atoms with E-state index in [2.05, 4.69) is 13.9 Å². The summed E-state index contributed by atoms with van der Waals surface area (Å²) in [6.45, 7) is 0.253. The van der Waals surface area contributed by atoms with Crippen molar-refractivity contribution in [2.75, 3.05) is 0 Å². The maximum atomic E-state index is 11.2. The van der Waals surface area contributed by atoms with Crippen molar-refractivity contribution in [1.82, 2.24) is 10.5 Å². The van der Waals surface area contributed by atoms with Gasteiger partial charge in [-0.3, -0.25) is 0 Å². The number of hydroxylamine groups is 2. The molecule has 0 aromatic heterocycles. The number of amides is 2. The molecule has 0 radical (unpaired) electrons. The summed E-state index contributed by atoms with van der Waals surface area (Å²) in [5.74, 6) is 0. The first-order valence-electron chi connectivity index (χ1n) is 4.33. The summed E-state index contributed by atoms with van der Waals surface area (Å²) in [6.07, 6.45) is 0. The molecule has 17 heavy (non-hydrogen) atoms. The van der Waals surface area contributed by atoms with Crippen LogP contribution in [-0.2, 0) is 25.5 Å². The molecule has 1 saturated heterocycles. The van der Waals surface area contributed by atoms with E-state index in [0.717, 1.165) is 5.56 Å². The molecule has 0 unspecified atom stereocenters. The lowest BCUT2D eigenvalue weighted by Gasteiger charge is -2.25. The van der Waals surface area contributed by atoms with E-state index in [9.17, 15) is 13.2 Å². The normalized spacial score (nSPS) is 16.6. The zero-order valence-corrected chi connectivity index (χ0v) is 10.0. The molecule has 2 amide bonds. The highest BCUT2D eigenvalue weighted by Gasteiger charge is 2.39. The van der Waals surface area contributed by atoms with Gasteiger partial charge in [0, 0.05) is 6.54 Å². The number of carbonyl (C=O) groups is 1. The fourth-order valence-electron chi connectivity index (χ4n) is 1.08. The van der Waals surface area contributed by atoms with Crippen molar-refractivity contribution in [1.29, 1.82) is 0 Å². The molecule has 7 nitrogen and oxygen atoms in total. The Morgan fingerprint density at radius 2 is 1.82 bits per heavy atom. The van der Waals surface area contributed by atoms with Gasteiger partial charge < -0.3 is 5.32 Å². The van der Waals surface area contributed by atoms with Gasteiger partial charge in [-0.2, -0.15) is 8.42 Å². The van der Waals surface area contributed by atoms with Gasteiger partial charge in [-0.05, 0) is 10.8 Å². The summed E-state index contributed by atoms with van der Waals surface area (Å²) >= 11 is 0. The molecule has 0 aliphatic carbocycles. The highest BCUT2D eigenvalue weighted by atomic mass is 35.5. The van der Waals surface area contributed by atoms with E-state index < -0.39 is 16.4 Å². The molecule has 1 aromatic rings. The Morgan fingerprint density at radius 1 is 1.24 bits per heavy atom. The third kappa shape index (κ3) is 3.56. The molecule has 9 heteroatoms. The minimum atomic E-state index is -3.99. The SMILES string of the molecule is Cl.O=C(NCc1ccccc1)N1OS(=O)(=O)O1. The molecule has 1 heterocycles. The number of hydrogen-bond donors (Lipinski definition) is 1. The van der Waals surface area contributed by atoms with E-state index >= 15 is 0 Å². The molecule has 2 rings (SSSR count). The van der Waals surface area contributed by atoms with Crippen LogP contribution < -0.4 is 5.32 Å². The molecular formula is C8H9ClN2O5S. The van der Waals surface area contributed by atoms with Crippen molar-refractivity contribution >= 4 is 28.8 Å². The quantitative estimate of drug-likeness (QED) is 0.864. The molecule has 1 aliphatic rings. The number of nitrogens with zero attached hydrogens (tertiary/aromatic N) is 1. The molecule has 1 N–H and O–H groups in total. The van der Waals surface area contributed by atoms with Gasteiger partial charge in [-0.1, -0.05) is 38.9 Å². The van der Waals surface area contributed by atoms with Crippen molar-refractivity contribution in [3.8, 4) is 0 Å². The summed E-state index contributed by atoms with van der Waals surface area (Å²) in [5.41, 5.74) is 0.874. The Bertz CT molecular complexity index is 480. The molecular weight excluding hydrogens is 272 g/mol. The van der Waals surface area contributed by atoms with Gasteiger partial charge in [-0.15, -0.1) is 12.4 Å². The average Bonchev–Trinajstić information content (AvgIpc) is 2.24. The largest absolute Gasteiger partial charge is 0.446 e. The van der Waals surface area contributed by atoms with E-state index in [1.54, 1.807) is 0 Å². The Labute approximate surface area is 104 Å². The van der Waals surface area contributed by atoms with E-state index in [0.29, 0.717) is 0 Å². The molecule has 1 aliphatic heterocycles. The molecule has 0 saturated carbocycles. The van der Waals surface area contributed by atoms with E-state index in [4.69, 9.17) is 0 Å². The lowest BCUT2D eigenvalue weighted by molar-refractivity contribution is -0.280. The first-order chi connectivity index (χ1) is 7.57. The highest BCUT2D eigenvalue weighted by molar-refractivity contribution is 7.82. The van der Waals surface area contributed by atoms with Crippen molar-refractivity contribution in [3.05, 3.63) is 35.9 Å². The van der Waals surface area contributed by atoms with Crippen LogP contribution in [0.4, 0.5) is 4.79 Å². The first kappa shape index (κ1) is 13.7. The second kappa shape index (κ2) is 5.32. The van der Waals surface area contributed by atoms with Crippen LogP contribution in [0.25, 0.3) is 0 Å². The van der Waals surface area contributed by atoms with Gasteiger partial charge >= 0.3 is 16.4 Å². The minimum absolute atomic E-state index is 0. The summed E-state index contributed by atoms with van der Waals surface area (Å²) in [5, 5.41) is 2.67. The summed E-state index contributed by atoms with van der Waals surface area (Å²) in [4.78, 5) is 11.2. The van der Waals surface area contributed by atoms with Crippen LogP contribution in [0.2, 0.25) is 0 Å². The highest BCUT2D eigenvalue weighted by Crippen LogP contribution is 2.16. The maximum absolute atomic E-state index is 11.2. The third-order valence-electron chi connectivity index (χ3n) is 1.77.